The molecule has 0 bridgehead atoms. The van der Waals surface area contributed by atoms with Gasteiger partial charge in [0, 0.05) is 34.1 Å². The molecule has 47 heavy (non-hydrogen) atoms. The van der Waals surface area contributed by atoms with Gasteiger partial charge in [0.25, 0.3) is 0 Å². The first-order valence-electron chi connectivity index (χ1n) is 17.3. The number of cyclic esters (lactones) is 1. The number of hydrogen-bond donors (Lipinski definition) is 1. The molecule has 4 rings (SSSR count). The fourth-order valence-corrected chi connectivity index (χ4v) is 10.3. The number of fused-ring (bicyclic) bond motifs is 5. The van der Waals surface area contributed by atoms with Crippen LogP contribution in [0.5, 0.6) is 0 Å². The molecule has 4 aliphatic rings. The van der Waals surface area contributed by atoms with Crippen molar-refractivity contribution in [2.24, 2.45) is 52.3 Å². The normalized spacial score (nSPS) is 38.1. The van der Waals surface area contributed by atoms with E-state index < -0.39 is 70.6 Å². The van der Waals surface area contributed by atoms with Crippen LogP contribution in [0.25, 0.3) is 0 Å². The predicted molar refractivity (Wildman–Crippen MR) is 169 cm³/mol. The molecule has 0 unspecified atom stereocenters. The maximum absolute atomic E-state index is 13.6. The fraction of sp³-hybridized carbons (Fsp3) is 0.861. The number of carbonyl (C=O) groups excluding carboxylic acids is 5. The van der Waals surface area contributed by atoms with Crippen LogP contribution >= 0.6 is 0 Å². The van der Waals surface area contributed by atoms with E-state index in [0.717, 1.165) is 19.3 Å². The summed E-state index contributed by atoms with van der Waals surface area (Å²) in [5, 5.41) is 12.5. The van der Waals surface area contributed by atoms with Crippen LogP contribution in [0.3, 0.4) is 0 Å². The molecule has 0 spiro atoms. The highest BCUT2D eigenvalue weighted by Crippen LogP contribution is 2.67. The minimum Gasteiger partial charge on any atom is -0.465 e. The fourth-order valence-electron chi connectivity index (χ4n) is 10.3. The van der Waals surface area contributed by atoms with Gasteiger partial charge in [-0.15, -0.1) is 0 Å². The molecule has 13 atom stereocenters. The highest BCUT2D eigenvalue weighted by atomic mass is 16.6. The van der Waals surface area contributed by atoms with Crippen molar-refractivity contribution in [1.82, 2.24) is 0 Å². The zero-order chi connectivity index (χ0) is 35.2. The van der Waals surface area contributed by atoms with Gasteiger partial charge in [-0.1, -0.05) is 34.6 Å². The van der Waals surface area contributed by atoms with Gasteiger partial charge in [0.15, 0.2) is 6.10 Å². The molecule has 0 aromatic rings. The Kier molecular flexibility index (Phi) is 10.8. The van der Waals surface area contributed by atoms with Gasteiger partial charge in [-0.3, -0.25) is 24.0 Å². The topological polar surface area (TPSA) is 152 Å². The summed E-state index contributed by atoms with van der Waals surface area (Å²) >= 11 is 0. The average molecular weight is 665 g/mol. The molecule has 4 fully saturated rings. The Bertz CT molecular complexity index is 1230. The number of carbonyl (C=O) groups is 5. The number of rotatable bonds is 9. The van der Waals surface area contributed by atoms with Crippen LogP contribution in [0.2, 0.25) is 0 Å². The molecule has 11 nitrogen and oxygen atoms in total. The lowest BCUT2D eigenvalue weighted by Crippen LogP contribution is -2.61. The van der Waals surface area contributed by atoms with Gasteiger partial charge in [0.1, 0.15) is 23.9 Å². The molecule has 0 aromatic carbocycles. The molecule has 1 N–H and O–H groups in total. The van der Waals surface area contributed by atoms with E-state index in [4.69, 9.17) is 23.7 Å². The van der Waals surface area contributed by atoms with E-state index in [1.54, 1.807) is 6.92 Å². The van der Waals surface area contributed by atoms with E-state index >= 15 is 0 Å². The van der Waals surface area contributed by atoms with Crippen molar-refractivity contribution in [1.29, 1.82) is 0 Å². The third-order valence-corrected chi connectivity index (χ3v) is 12.7. The molecule has 3 saturated carbocycles. The van der Waals surface area contributed by atoms with Crippen LogP contribution in [0.1, 0.15) is 108 Å². The van der Waals surface area contributed by atoms with Gasteiger partial charge in [-0.2, -0.15) is 0 Å². The van der Waals surface area contributed by atoms with Gasteiger partial charge in [-0.05, 0) is 85.4 Å². The molecular formula is C36H56O11. The molecule has 0 radical (unpaired) electrons. The van der Waals surface area contributed by atoms with Crippen molar-refractivity contribution in [2.45, 2.75) is 138 Å². The largest absolute Gasteiger partial charge is 0.465 e. The Labute approximate surface area is 279 Å². The first kappa shape index (κ1) is 37.1. The highest BCUT2D eigenvalue weighted by molar-refractivity contribution is 5.75. The van der Waals surface area contributed by atoms with E-state index in [9.17, 15) is 29.1 Å². The van der Waals surface area contributed by atoms with Gasteiger partial charge >= 0.3 is 29.8 Å². The second kappa shape index (κ2) is 13.7. The minimum absolute atomic E-state index is 0.0252. The molecule has 0 aromatic heterocycles. The van der Waals surface area contributed by atoms with Crippen LogP contribution in [-0.2, 0) is 47.7 Å². The Morgan fingerprint density at radius 2 is 1.43 bits per heavy atom. The number of ether oxygens (including phenoxy) is 5. The van der Waals surface area contributed by atoms with Gasteiger partial charge in [0.05, 0.1) is 12.5 Å². The Morgan fingerprint density at radius 3 is 1.98 bits per heavy atom. The van der Waals surface area contributed by atoms with Crippen molar-refractivity contribution in [3.05, 3.63) is 0 Å². The maximum Gasteiger partial charge on any atom is 0.309 e. The number of aliphatic hydroxyl groups is 1. The SMILES string of the molecule is CC(=O)O[C@H]([C@@H](C)C(C)C)[C@H](OC(C)=O)[C@](C)(O)[C@H]1CC[C@H]2[C@@H]3COC(=O)[C@H]4C[C@H](OC(C)=O)[C@H](OC(C)=O)C[C@]4(C)[C@H]3CC[C@]12C. The van der Waals surface area contributed by atoms with Crippen LogP contribution in [0, 0.1) is 52.3 Å². The Hall–Kier alpha value is -2.69. The standard InChI is InChI=1S/C36H56O11/c1-18(2)19(3)31(46-22(6)39)32(47-23(7)40)36(10,42)30-12-11-25-24-17-43-33(41)27-15-28(44-20(4)37)29(45-21(5)38)16-35(27,9)26(24)13-14-34(25,30)8/h18-19,24-32,42H,11-17H2,1-10H3/t19-,24-,25-,26-,27+,28-,29+,30-,31+,32-,34-,35+,36+/m0/s1. The first-order chi connectivity index (χ1) is 21.7. The monoisotopic (exact) mass is 664 g/mol. The second-order valence-electron chi connectivity index (χ2n) is 15.9. The van der Waals surface area contributed by atoms with Crippen LogP contribution < -0.4 is 0 Å². The zero-order valence-corrected chi connectivity index (χ0v) is 29.8. The summed E-state index contributed by atoms with van der Waals surface area (Å²) in [4.78, 5) is 62.5. The Balaban J connectivity index is 1.69. The van der Waals surface area contributed by atoms with E-state index in [1.165, 1.54) is 27.7 Å². The van der Waals surface area contributed by atoms with E-state index in [-0.39, 0.29) is 54.5 Å². The van der Waals surface area contributed by atoms with Crippen LogP contribution in [0.15, 0.2) is 0 Å². The summed E-state index contributed by atoms with van der Waals surface area (Å²) in [7, 11) is 0. The molecule has 11 heteroatoms. The second-order valence-corrected chi connectivity index (χ2v) is 15.9. The summed E-state index contributed by atoms with van der Waals surface area (Å²) in [6, 6.07) is 0. The third kappa shape index (κ3) is 7.06. The molecule has 1 aliphatic heterocycles. The van der Waals surface area contributed by atoms with Crippen molar-refractivity contribution in [3.63, 3.8) is 0 Å². The van der Waals surface area contributed by atoms with Gasteiger partial charge in [-0.25, -0.2) is 0 Å². The zero-order valence-electron chi connectivity index (χ0n) is 29.8. The third-order valence-electron chi connectivity index (χ3n) is 12.7. The quantitative estimate of drug-likeness (QED) is 0.268. The molecule has 1 heterocycles. The van der Waals surface area contributed by atoms with Gasteiger partial charge in [0.2, 0.25) is 0 Å². The molecule has 1 saturated heterocycles. The predicted octanol–water partition coefficient (Wildman–Crippen LogP) is 4.79. The lowest BCUT2D eigenvalue weighted by molar-refractivity contribution is -0.216. The molecular weight excluding hydrogens is 608 g/mol. The summed E-state index contributed by atoms with van der Waals surface area (Å²) in [5.74, 6) is -3.24. The van der Waals surface area contributed by atoms with Gasteiger partial charge < -0.3 is 28.8 Å². The summed E-state index contributed by atoms with van der Waals surface area (Å²) in [5.41, 5.74) is -2.52. The summed E-state index contributed by atoms with van der Waals surface area (Å²) in [6.07, 6.45) is 0.118. The molecule has 266 valence electrons. The Morgan fingerprint density at radius 1 is 0.851 bits per heavy atom. The lowest BCUT2D eigenvalue weighted by atomic mass is 9.48. The molecule has 3 aliphatic carbocycles. The van der Waals surface area contributed by atoms with Crippen LogP contribution in [0.4, 0.5) is 0 Å². The summed E-state index contributed by atoms with van der Waals surface area (Å²) < 4.78 is 29.0. The molecule has 0 amide bonds. The van der Waals surface area contributed by atoms with Crippen LogP contribution in [-0.4, -0.2) is 71.6 Å². The highest BCUT2D eigenvalue weighted by Gasteiger charge is 2.66. The van der Waals surface area contributed by atoms with E-state index in [1.807, 2.05) is 20.8 Å². The lowest BCUT2D eigenvalue weighted by Gasteiger charge is -2.57. The van der Waals surface area contributed by atoms with E-state index in [0.29, 0.717) is 12.8 Å². The average Bonchev–Trinajstić information content (AvgIpc) is 3.26. The van der Waals surface area contributed by atoms with Crippen molar-refractivity contribution in [2.75, 3.05) is 6.61 Å². The number of hydrogen-bond acceptors (Lipinski definition) is 11. The van der Waals surface area contributed by atoms with Crippen molar-refractivity contribution in [3.8, 4) is 0 Å². The van der Waals surface area contributed by atoms with Crippen molar-refractivity contribution >= 4 is 29.8 Å². The van der Waals surface area contributed by atoms with E-state index in [2.05, 4.69) is 13.8 Å². The maximum atomic E-state index is 13.6. The first-order valence-corrected chi connectivity index (χ1v) is 17.3. The smallest absolute Gasteiger partial charge is 0.309 e. The summed E-state index contributed by atoms with van der Waals surface area (Å²) in [6.45, 7) is 17.4. The minimum atomic E-state index is -1.54. The number of esters is 5. The van der Waals surface area contributed by atoms with Crippen molar-refractivity contribution < 1.29 is 52.8 Å².